The lowest BCUT2D eigenvalue weighted by molar-refractivity contribution is 0.356. The fraction of sp³-hybridized carbons (Fsp3) is 0.111. The molecule has 0 bridgehead atoms. The van der Waals surface area contributed by atoms with Crippen molar-refractivity contribution in [1.82, 2.24) is 24.7 Å². The Kier molecular flexibility index (Phi) is 3.85. The zero-order valence-corrected chi connectivity index (χ0v) is 14.2. The lowest BCUT2D eigenvalue weighted by Gasteiger charge is -2.11. The minimum absolute atomic E-state index is 0.257. The molecule has 0 spiro atoms. The number of methoxy groups -OCH3 is 2. The number of nitrogen functional groups attached to an aromatic ring is 1. The van der Waals surface area contributed by atoms with Crippen molar-refractivity contribution in [2.75, 3.05) is 20.0 Å². The molecule has 0 atom stereocenters. The molecule has 4 aromatic rings. The van der Waals surface area contributed by atoms with Crippen molar-refractivity contribution in [3.8, 4) is 28.7 Å². The second-order valence-electron chi connectivity index (χ2n) is 5.47. The third-order valence-corrected chi connectivity index (χ3v) is 3.98. The molecule has 0 amide bonds. The monoisotopic (exact) mass is 348 g/mol. The van der Waals surface area contributed by atoms with Crippen LogP contribution >= 0.6 is 0 Å². The summed E-state index contributed by atoms with van der Waals surface area (Å²) in [5, 5.41) is 5.33. The number of fused-ring (bicyclic) bond motifs is 1. The summed E-state index contributed by atoms with van der Waals surface area (Å²) < 4.78 is 12.3. The molecule has 0 aliphatic rings. The highest BCUT2D eigenvalue weighted by Crippen LogP contribution is 2.34. The molecule has 2 N–H and O–H groups in total. The van der Waals surface area contributed by atoms with Crippen LogP contribution in [0.3, 0.4) is 0 Å². The lowest BCUT2D eigenvalue weighted by atomic mass is 10.1. The molecule has 0 aliphatic heterocycles. The number of ether oxygens (including phenoxy) is 2. The molecule has 130 valence electrons. The van der Waals surface area contributed by atoms with Crippen molar-refractivity contribution in [1.29, 1.82) is 0 Å². The summed E-state index contributed by atoms with van der Waals surface area (Å²) in [6.07, 6.45) is 3.37. The first kappa shape index (κ1) is 15.8. The third-order valence-electron chi connectivity index (χ3n) is 3.98. The summed E-state index contributed by atoms with van der Waals surface area (Å²) in [4.78, 5) is 13.0. The molecule has 26 heavy (non-hydrogen) atoms. The van der Waals surface area contributed by atoms with Gasteiger partial charge >= 0.3 is 0 Å². The standard InChI is InChI=1S/C18H16N6O2/c1-25-15-9-11-13(10-16(15)26-2)21-8-6-14(11)24-18(19)22-17(23-24)12-5-3-4-7-20-12/h3-10H,1-2H3,(H2,19,22,23). The predicted molar refractivity (Wildman–Crippen MR) is 97.4 cm³/mol. The third kappa shape index (κ3) is 2.57. The summed E-state index contributed by atoms with van der Waals surface area (Å²) in [5.41, 5.74) is 8.23. The van der Waals surface area contributed by atoms with Crippen LogP contribution in [-0.2, 0) is 0 Å². The maximum absolute atomic E-state index is 6.11. The predicted octanol–water partition coefficient (Wildman–Crippen LogP) is 2.48. The van der Waals surface area contributed by atoms with Crippen LogP contribution in [0.4, 0.5) is 5.95 Å². The van der Waals surface area contributed by atoms with Gasteiger partial charge in [0.2, 0.25) is 11.8 Å². The Morgan fingerprint density at radius 2 is 1.77 bits per heavy atom. The number of rotatable bonds is 4. The zero-order chi connectivity index (χ0) is 18.1. The molecule has 8 heteroatoms. The fourth-order valence-corrected chi connectivity index (χ4v) is 2.75. The van der Waals surface area contributed by atoms with Gasteiger partial charge in [0.1, 0.15) is 5.69 Å². The van der Waals surface area contributed by atoms with E-state index in [2.05, 4.69) is 20.1 Å². The normalized spacial score (nSPS) is 10.8. The number of pyridine rings is 2. The first-order valence-electron chi connectivity index (χ1n) is 7.86. The van der Waals surface area contributed by atoms with Gasteiger partial charge in [-0.2, -0.15) is 9.67 Å². The minimum Gasteiger partial charge on any atom is -0.493 e. The largest absolute Gasteiger partial charge is 0.493 e. The Bertz CT molecular complexity index is 1080. The highest BCUT2D eigenvalue weighted by molar-refractivity contribution is 5.90. The van der Waals surface area contributed by atoms with Gasteiger partial charge in [-0.3, -0.25) is 9.97 Å². The highest BCUT2D eigenvalue weighted by Gasteiger charge is 2.16. The molecule has 4 rings (SSSR count). The fourth-order valence-electron chi connectivity index (χ4n) is 2.75. The SMILES string of the molecule is COc1cc2nccc(-n3nc(-c4ccccn4)nc3N)c2cc1OC. The van der Waals surface area contributed by atoms with Gasteiger partial charge in [0, 0.05) is 23.8 Å². The maximum Gasteiger partial charge on any atom is 0.224 e. The maximum atomic E-state index is 6.11. The molecule has 0 radical (unpaired) electrons. The van der Waals surface area contributed by atoms with Crippen LogP contribution in [0.2, 0.25) is 0 Å². The molecule has 0 saturated heterocycles. The minimum atomic E-state index is 0.257. The van der Waals surface area contributed by atoms with E-state index < -0.39 is 0 Å². The Balaban J connectivity index is 1.91. The lowest BCUT2D eigenvalue weighted by Crippen LogP contribution is -2.04. The van der Waals surface area contributed by atoms with Gasteiger partial charge in [0.25, 0.3) is 0 Å². The van der Waals surface area contributed by atoms with Crippen molar-refractivity contribution < 1.29 is 9.47 Å². The molecule has 0 saturated carbocycles. The van der Waals surface area contributed by atoms with Crippen LogP contribution in [0.5, 0.6) is 11.5 Å². The Labute approximate surface area is 149 Å². The Morgan fingerprint density at radius 1 is 0.962 bits per heavy atom. The van der Waals surface area contributed by atoms with E-state index in [1.165, 1.54) is 0 Å². The zero-order valence-electron chi connectivity index (χ0n) is 14.2. The number of hydrogen-bond donors (Lipinski definition) is 1. The van der Waals surface area contributed by atoms with Crippen LogP contribution < -0.4 is 15.2 Å². The second kappa shape index (κ2) is 6.32. The molecular formula is C18H16N6O2. The van der Waals surface area contributed by atoms with Crippen LogP contribution in [0.25, 0.3) is 28.1 Å². The summed E-state index contributed by atoms with van der Waals surface area (Å²) >= 11 is 0. The number of anilines is 1. The number of aromatic nitrogens is 5. The topological polar surface area (TPSA) is 101 Å². The van der Waals surface area contributed by atoms with Gasteiger partial charge in [0.05, 0.1) is 25.4 Å². The molecule has 1 aromatic carbocycles. The summed E-state index contributed by atoms with van der Waals surface area (Å²) in [6, 6.07) is 11.0. The van der Waals surface area contributed by atoms with Crippen LogP contribution in [0, 0.1) is 0 Å². The molecule has 3 aromatic heterocycles. The van der Waals surface area contributed by atoms with Gasteiger partial charge < -0.3 is 15.2 Å². The first-order valence-corrected chi connectivity index (χ1v) is 7.86. The second-order valence-corrected chi connectivity index (χ2v) is 5.47. The van der Waals surface area contributed by atoms with E-state index in [0.29, 0.717) is 23.0 Å². The molecule has 8 nitrogen and oxygen atoms in total. The van der Waals surface area contributed by atoms with Gasteiger partial charge in [-0.1, -0.05) is 6.07 Å². The van der Waals surface area contributed by atoms with Crippen molar-refractivity contribution >= 4 is 16.9 Å². The number of nitrogens with zero attached hydrogens (tertiary/aromatic N) is 5. The van der Waals surface area contributed by atoms with E-state index in [1.54, 1.807) is 31.3 Å². The first-order chi connectivity index (χ1) is 12.7. The van der Waals surface area contributed by atoms with Gasteiger partial charge in [-0.25, -0.2) is 0 Å². The summed E-state index contributed by atoms with van der Waals surface area (Å²) in [5.74, 6) is 1.91. The Morgan fingerprint density at radius 3 is 2.50 bits per heavy atom. The molecule has 0 unspecified atom stereocenters. The van der Waals surface area contributed by atoms with E-state index in [1.807, 2.05) is 36.4 Å². The van der Waals surface area contributed by atoms with Crippen molar-refractivity contribution in [2.24, 2.45) is 0 Å². The van der Waals surface area contributed by atoms with E-state index in [9.17, 15) is 0 Å². The van der Waals surface area contributed by atoms with Gasteiger partial charge in [-0.05, 0) is 24.3 Å². The van der Waals surface area contributed by atoms with E-state index >= 15 is 0 Å². The summed E-state index contributed by atoms with van der Waals surface area (Å²) in [6.45, 7) is 0. The van der Waals surface area contributed by atoms with Crippen molar-refractivity contribution in [3.63, 3.8) is 0 Å². The Hall–Kier alpha value is -3.68. The molecule has 3 heterocycles. The van der Waals surface area contributed by atoms with Gasteiger partial charge in [0.15, 0.2) is 11.5 Å². The summed E-state index contributed by atoms with van der Waals surface area (Å²) in [7, 11) is 3.17. The van der Waals surface area contributed by atoms with Crippen molar-refractivity contribution in [2.45, 2.75) is 0 Å². The van der Waals surface area contributed by atoms with Crippen LogP contribution in [0.1, 0.15) is 0 Å². The van der Waals surface area contributed by atoms with E-state index in [-0.39, 0.29) is 5.95 Å². The average Bonchev–Trinajstić information content (AvgIpc) is 3.08. The molecular weight excluding hydrogens is 332 g/mol. The number of benzene rings is 1. The number of hydrogen-bond acceptors (Lipinski definition) is 7. The average molecular weight is 348 g/mol. The van der Waals surface area contributed by atoms with Gasteiger partial charge in [-0.15, -0.1) is 5.10 Å². The molecule has 0 fully saturated rings. The van der Waals surface area contributed by atoms with E-state index in [4.69, 9.17) is 15.2 Å². The van der Waals surface area contributed by atoms with Crippen molar-refractivity contribution in [3.05, 3.63) is 48.8 Å². The van der Waals surface area contributed by atoms with Crippen LogP contribution in [-0.4, -0.2) is 39.0 Å². The van der Waals surface area contributed by atoms with Crippen LogP contribution in [0.15, 0.2) is 48.8 Å². The quantitative estimate of drug-likeness (QED) is 0.604. The molecule has 0 aliphatic carbocycles. The number of nitrogens with two attached hydrogens (primary N) is 1. The smallest absolute Gasteiger partial charge is 0.224 e. The highest BCUT2D eigenvalue weighted by atomic mass is 16.5. The van der Waals surface area contributed by atoms with E-state index in [0.717, 1.165) is 16.6 Å².